The predicted octanol–water partition coefficient (Wildman–Crippen LogP) is 4.06. The lowest BCUT2D eigenvalue weighted by molar-refractivity contribution is -0.116. The summed E-state index contributed by atoms with van der Waals surface area (Å²) in [6, 6.07) is 4.78. The average Bonchev–Trinajstić information content (AvgIpc) is 2.36. The molecule has 1 aromatic carbocycles. The van der Waals surface area contributed by atoms with Gasteiger partial charge in [-0.1, -0.05) is 42.1 Å². The SMILES string of the molecule is CCCCCCC(=O)Nc1ccc(Br)cc1C(=O)O. The molecule has 0 aliphatic carbocycles. The molecule has 0 heterocycles. The first-order chi connectivity index (χ1) is 9.04. The van der Waals surface area contributed by atoms with E-state index < -0.39 is 5.97 Å². The van der Waals surface area contributed by atoms with Crippen molar-refractivity contribution in [1.82, 2.24) is 0 Å². The van der Waals surface area contributed by atoms with Crippen LogP contribution in [-0.2, 0) is 4.79 Å². The lowest BCUT2D eigenvalue weighted by atomic mass is 10.1. The molecule has 5 heteroatoms. The van der Waals surface area contributed by atoms with Crippen molar-refractivity contribution in [3.63, 3.8) is 0 Å². The van der Waals surface area contributed by atoms with Crippen molar-refractivity contribution in [2.45, 2.75) is 39.0 Å². The van der Waals surface area contributed by atoms with Gasteiger partial charge in [0.05, 0.1) is 11.3 Å². The van der Waals surface area contributed by atoms with Crippen LogP contribution < -0.4 is 5.32 Å². The Balaban J connectivity index is 2.61. The molecule has 0 saturated heterocycles. The average molecular weight is 328 g/mol. The Bertz CT molecular complexity index is 460. The first-order valence-corrected chi connectivity index (χ1v) is 7.16. The summed E-state index contributed by atoms with van der Waals surface area (Å²) in [5.74, 6) is -1.19. The minimum Gasteiger partial charge on any atom is -0.478 e. The summed E-state index contributed by atoms with van der Waals surface area (Å²) in [5, 5.41) is 11.7. The summed E-state index contributed by atoms with van der Waals surface area (Å²) in [6.45, 7) is 2.11. The van der Waals surface area contributed by atoms with Gasteiger partial charge >= 0.3 is 5.97 Å². The first-order valence-electron chi connectivity index (χ1n) is 6.37. The second-order valence-corrected chi connectivity index (χ2v) is 5.27. The summed E-state index contributed by atoms with van der Waals surface area (Å²) < 4.78 is 0.672. The highest BCUT2D eigenvalue weighted by Crippen LogP contribution is 2.21. The number of rotatable bonds is 7. The van der Waals surface area contributed by atoms with E-state index in [4.69, 9.17) is 5.11 Å². The van der Waals surface area contributed by atoms with Crippen LogP contribution in [0.15, 0.2) is 22.7 Å². The molecule has 1 aromatic rings. The van der Waals surface area contributed by atoms with Crippen LogP contribution in [0.5, 0.6) is 0 Å². The maximum atomic E-state index is 11.7. The molecule has 0 bridgehead atoms. The summed E-state index contributed by atoms with van der Waals surface area (Å²) in [6.07, 6.45) is 4.52. The van der Waals surface area contributed by atoms with Gasteiger partial charge in [0.15, 0.2) is 0 Å². The molecular weight excluding hydrogens is 310 g/mol. The lowest BCUT2D eigenvalue weighted by Gasteiger charge is -2.08. The summed E-state index contributed by atoms with van der Waals surface area (Å²) in [5.41, 5.74) is 0.437. The number of carboxylic acids is 1. The molecule has 0 aliphatic rings. The van der Waals surface area contributed by atoms with Gasteiger partial charge in [-0.2, -0.15) is 0 Å². The second kappa shape index (κ2) is 7.94. The van der Waals surface area contributed by atoms with Gasteiger partial charge in [-0.15, -0.1) is 0 Å². The molecule has 0 fully saturated rings. The lowest BCUT2D eigenvalue weighted by Crippen LogP contribution is -2.14. The standard InChI is InChI=1S/C14H18BrNO3/c1-2-3-4-5-6-13(17)16-12-8-7-10(15)9-11(12)14(18)19/h7-9H,2-6H2,1H3,(H,16,17)(H,18,19). The van der Waals surface area contributed by atoms with Crippen LogP contribution in [0, 0.1) is 0 Å². The molecule has 0 atom stereocenters. The number of anilines is 1. The largest absolute Gasteiger partial charge is 0.478 e. The first kappa shape index (κ1) is 15.7. The fraction of sp³-hybridized carbons (Fsp3) is 0.429. The molecular formula is C14H18BrNO3. The fourth-order valence-electron chi connectivity index (χ4n) is 1.73. The summed E-state index contributed by atoms with van der Waals surface area (Å²) >= 11 is 3.21. The van der Waals surface area contributed by atoms with Gasteiger partial charge in [0.25, 0.3) is 0 Å². The third-order valence-corrected chi connectivity index (χ3v) is 3.24. The normalized spacial score (nSPS) is 10.2. The van der Waals surface area contributed by atoms with Gasteiger partial charge in [0, 0.05) is 10.9 Å². The number of hydrogen-bond donors (Lipinski definition) is 2. The van der Waals surface area contributed by atoms with E-state index in [1.807, 2.05) is 0 Å². The highest BCUT2D eigenvalue weighted by molar-refractivity contribution is 9.10. The Morgan fingerprint density at radius 3 is 2.63 bits per heavy atom. The number of carbonyl (C=O) groups excluding carboxylic acids is 1. The number of nitrogens with one attached hydrogen (secondary N) is 1. The maximum Gasteiger partial charge on any atom is 0.337 e. The summed E-state index contributed by atoms with van der Waals surface area (Å²) in [4.78, 5) is 22.8. The minimum atomic E-state index is -1.05. The van der Waals surface area contributed by atoms with E-state index in [2.05, 4.69) is 28.2 Å². The summed E-state index contributed by atoms with van der Waals surface area (Å²) in [7, 11) is 0. The van der Waals surface area contributed by atoms with Crippen LogP contribution in [0.1, 0.15) is 49.4 Å². The van der Waals surface area contributed by atoms with Crippen LogP contribution in [0.2, 0.25) is 0 Å². The van der Waals surface area contributed by atoms with E-state index in [0.29, 0.717) is 16.6 Å². The van der Waals surface area contributed by atoms with Crippen LogP contribution in [-0.4, -0.2) is 17.0 Å². The van der Waals surface area contributed by atoms with Crippen LogP contribution in [0.3, 0.4) is 0 Å². The van der Waals surface area contributed by atoms with Crippen molar-refractivity contribution in [2.24, 2.45) is 0 Å². The molecule has 0 radical (unpaired) electrons. The van der Waals surface area contributed by atoms with Crippen LogP contribution in [0.4, 0.5) is 5.69 Å². The molecule has 0 saturated carbocycles. The van der Waals surface area contributed by atoms with Crippen molar-refractivity contribution in [3.8, 4) is 0 Å². The highest BCUT2D eigenvalue weighted by atomic mass is 79.9. The van der Waals surface area contributed by atoms with E-state index in [1.54, 1.807) is 12.1 Å². The zero-order chi connectivity index (χ0) is 14.3. The molecule has 0 aliphatic heterocycles. The molecule has 0 unspecified atom stereocenters. The monoisotopic (exact) mass is 327 g/mol. The van der Waals surface area contributed by atoms with Gasteiger partial charge in [-0.25, -0.2) is 4.79 Å². The number of amides is 1. The van der Waals surface area contributed by atoms with E-state index in [9.17, 15) is 9.59 Å². The van der Waals surface area contributed by atoms with Crippen LogP contribution in [0.25, 0.3) is 0 Å². The zero-order valence-electron chi connectivity index (χ0n) is 10.9. The van der Waals surface area contributed by atoms with Crippen molar-refractivity contribution in [1.29, 1.82) is 0 Å². The minimum absolute atomic E-state index is 0.0938. The van der Waals surface area contributed by atoms with Gasteiger partial charge in [0.1, 0.15) is 0 Å². The number of aromatic carboxylic acids is 1. The van der Waals surface area contributed by atoms with Crippen molar-refractivity contribution < 1.29 is 14.7 Å². The zero-order valence-corrected chi connectivity index (χ0v) is 12.5. The maximum absolute atomic E-state index is 11.7. The van der Waals surface area contributed by atoms with Gasteiger partial charge in [0.2, 0.25) is 5.91 Å². The van der Waals surface area contributed by atoms with E-state index >= 15 is 0 Å². The molecule has 19 heavy (non-hydrogen) atoms. The molecule has 0 aromatic heterocycles. The molecule has 0 spiro atoms. The smallest absolute Gasteiger partial charge is 0.337 e. The number of halogens is 1. The van der Waals surface area contributed by atoms with E-state index in [0.717, 1.165) is 25.7 Å². The third-order valence-electron chi connectivity index (χ3n) is 2.74. The fourth-order valence-corrected chi connectivity index (χ4v) is 2.09. The Morgan fingerprint density at radius 1 is 1.26 bits per heavy atom. The number of carboxylic acid groups (broad SMARTS) is 1. The third kappa shape index (κ3) is 5.42. The number of carbonyl (C=O) groups is 2. The number of benzene rings is 1. The highest BCUT2D eigenvalue weighted by Gasteiger charge is 2.12. The molecule has 1 rings (SSSR count). The molecule has 1 amide bonds. The Hall–Kier alpha value is -1.36. The van der Waals surface area contributed by atoms with Crippen molar-refractivity contribution >= 4 is 33.5 Å². The van der Waals surface area contributed by atoms with Gasteiger partial charge in [-0.05, 0) is 24.6 Å². The quantitative estimate of drug-likeness (QED) is 0.742. The Kier molecular flexibility index (Phi) is 6.56. The topological polar surface area (TPSA) is 66.4 Å². The molecule has 4 nitrogen and oxygen atoms in total. The van der Waals surface area contributed by atoms with Crippen LogP contribution >= 0.6 is 15.9 Å². The van der Waals surface area contributed by atoms with Gasteiger partial charge in [-0.3, -0.25) is 4.79 Å². The van der Waals surface area contributed by atoms with E-state index in [1.165, 1.54) is 6.07 Å². The van der Waals surface area contributed by atoms with Gasteiger partial charge < -0.3 is 10.4 Å². The molecule has 104 valence electrons. The molecule has 2 N–H and O–H groups in total. The second-order valence-electron chi connectivity index (χ2n) is 4.35. The van der Waals surface area contributed by atoms with E-state index in [-0.39, 0.29) is 11.5 Å². The number of unbranched alkanes of at least 4 members (excludes halogenated alkanes) is 3. The Morgan fingerprint density at radius 2 is 2.00 bits per heavy atom. The van der Waals surface area contributed by atoms with Crippen molar-refractivity contribution in [3.05, 3.63) is 28.2 Å². The number of hydrogen-bond acceptors (Lipinski definition) is 2. The predicted molar refractivity (Wildman–Crippen MR) is 78.5 cm³/mol. The van der Waals surface area contributed by atoms with Crippen molar-refractivity contribution in [2.75, 3.05) is 5.32 Å². The Labute approximate surface area is 121 Å².